The Bertz CT molecular complexity index is 683. The number of hydrogen-bond donors (Lipinski definition) is 1. The van der Waals surface area contributed by atoms with Crippen molar-refractivity contribution in [1.29, 1.82) is 0 Å². The smallest absolute Gasteiger partial charge is 0.241 e. The number of carbonyl (C=O) groups is 2. The third-order valence-corrected chi connectivity index (χ3v) is 5.82. The van der Waals surface area contributed by atoms with Gasteiger partial charge >= 0.3 is 0 Å². The first-order valence-electron chi connectivity index (χ1n) is 7.55. The summed E-state index contributed by atoms with van der Waals surface area (Å²) < 4.78 is 22.9. The lowest BCUT2D eigenvalue weighted by Gasteiger charge is -2.23. The van der Waals surface area contributed by atoms with Crippen LogP contribution in [0.4, 0.5) is 0 Å². The van der Waals surface area contributed by atoms with E-state index in [9.17, 15) is 18.0 Å². The van der Waals surface area contributed by atoms with Crippen LogP contribution in [0, 0.1) is 6.92 Å². The van der Waals surface area contributed by atoms with Crippen molar-refractivity contribution in [1.82, 2.24) is 10.2 Å². The highest BCUT2D eigenvalue weighted by Crippen LogP contribution is 2.16. The predicted octanol–water partition coefficient (Wildman–Crippen LogP) is 0.299. The van der Waals surface area contributed by atoms with E-state index < -0.39 is 9.84 Å². The average Bonchev–Trinajstić information content (AvgIpc) is 2.86. The molecule has 1 unspecified atom stereocenters. The number of hydrogen-bond acceptors (Lipinski definition) is 4. The number of likely N-dealkylation sites (N-methyl/N-ethyl adjacent to an activating group) is 1. The van der Waals surface area contributed by atoms with Crippen LogP contribution in [-0.4, -0.2) is 56.3 Å². The summed E-state index contributed by atoms with van der Waals surface area (Å²) in [4.78, 5) is 25.4. The number of nitrogens with one attached hydrogen (secondary N) is 1. The van der Waals surface area contributed by atoms with Crippen molar-refractivity contribution in [2.75, 3.05) is 25.1 Å². The van der Waals surface area contributed by atoms with Gasteiger partial charge in [-0.05, 0) is 18.9 Å². The Labute approximate surface area is 136 Å². The summed E-state index contributed by atoms with van der Waals surface area (Å²) in [6.07, 6.45) is 0.678. The Hall–Kier alpha value is -1.89. The SMILES string of the molecule is Cc1ccc(CC(=O)NCC(=O)N(C)C2CCS(=O)(=O)C2)cc1. The molecule has 1 aromatic carbocycles. The van der Waals surface area contributed by atoms with E-state index >= 15 is 0 Å². The lowest BCUT2D eigenvalue weighted by atomic mass is 10.1. The van der Waals surface area contributed by atoms with Gasteiger partial charge in [0.25, 0.3) is 0 Å². The molecule has 0 bridgehead atoms. The van der Waals surface area contributed by atoms with Gasteiger partial charge in [-0.25, -0.2) is 8.42 Å². The van der Waals surface area contributed by atoms with Gasteiger partial charge in [0.1, 0.15) is 0 Å². The third kappa shape index (κ3) is 5.06. The number of nitrogens with zero attached hydrogens (tertiary/aromatic N) is 1. The number of aryl methyl sites for hydroxylation is 1. The highest BCUT2D eigenvalue weighted by molar-refractivity contribution is 7.91. The molecule has 0 radical (unpaired) electrons. The predicted molar refractivity (Wildman–Crippen MR) is 87.7 cm³/mol. The largest absolute Gasteiger partial charge is 0.347 e. The van der Waals surface area contributed by atoms with Crippen molar-refractivity contribution < 1.29 is 18.0 Å². The van der Waals surface area contributed by atoms with Crippen LogP contribution in [-0.2, 0) is 25.8 Å². The molecule has 1 N–H and O–H groups in total. The molecule has 1 aliphatic rings. The molecule has 2 rings (SSSR count). The fraction of sp³-hybridized carbons (Fsp3) is 0.500. The minimum atomic E-state index is -3.03. The third-order valence-electron chi connectivity index (χ3n) is 4.07. The van der Waals surface area contributed by atoms with Gasteiger partial charge in [0, 0.05) is 13.1 Å². The van der Waals surface area contributed by atoms with Crippen LogP contribution in [0.2, 0.25) is 0 Å². The Morgan fingerprint density at radius 1 is 1.26 bits per heavy atom. The van der Waals surface area contributed by atoms with Crippen molar-refractivity contribution in [3.8, 4) is 0 Å². The van der Waals surface area contributed by atoms with Gasteiger partial charge in [-0.3, -0.25) is 9.59 Å². The van der Waals surface area contributed by atoms with E-state index in [4.69, 9.17) is 0 Å². The lowest BCUT2D eigenvalue weighted by Crippen LogP contribution is -2.44. The monoisotopic (exact) mass is 338 g/mol. The summed E-state index contributed by atoms with van der Waals surface area (Å²) in [5.74, 6) is -0.374. The Morgan fingerprint density at radius 2 is 1.91 bits per heavy atom. The van der Waals surface area contributed by atoms with Crippen molar-refractivity contribution >= 4 is 21.7 Å². The number of rotatable bonds is 5. The maximum atomic E-state index is 12.1. The molecule has 0 saturated carbocycles. The fourth-order valence-corrected chi connectivity index (χ4v) is 4.31. The number of carbonyl (C=O) groups excluding carboxylic acids is 2. The Balaban J connectivity index is 1.79. The van der Waals surface area contributed by atoms with E-state index in [1.54, 1.807) is 7.05 Å². The molecule has 0 spiro atoms. The van der Waals surface area contributed by atoms with E-state index in [2.05, 4.69) is 5.32 Å². The minimum absolute atomic E-state index is 0.00650. The van der Waals surface area contributed by atoms with E-state index in [0.717, 1.165) is 11.1 Å². The van der Waals surface area contributed by atoms with Crippen LogP contribution in [0.5, 0.6) is 0 Å². The number of benzene rings is 1. The summed E-state index contributed by atoms with van der Waals surface area (Å²) in [5, 5.41) is 2.59. The standard InChI is InChI=1S/C16H22N2O4S/c1-12-3-5-13(6-4-12)9-15(19)17-10-16(20)18(2)14-7-8-23(21,22)11-14/h3-6,14H,7-11H2,1-2H3,(H,17,19). The maximum Gasteiger partial charge on any atom is 0.241 e. The molecular formula is C16H22N2O4S. The molecule has 1 aromatic rings. The van der Waals surface area contributed by atoms with Crippen LogP contribution in [0.3, 0.4) is 0 Å². The molecule has 1 saturated heterocycles. The van der Waals surface area contributed by atoms with Crippen molar-refractivity contribution in [2.45, 2.75) is 25.8 Å². The van der Waals surface area contributed by atoms with Crippen LogP contribution in [0.25, 0.3) is 0 Å². The topological polar surface area (TPSA) is 83.6 Å². The molecule has 126 valence electrons. The van der Waals surface area contributed by atoms with Crippen LogP contribution in [0.1, 0.15) is 17.5 Å². The average molecular weight is 338 g/mol. The number of amides is 2. The summed E-state index contributed by atoms with van der Waals surface area (Å²) in [7, 11) is -1.45. The first-order chi connectivity index (χ1) is 10.8. The molecule has 1 aliphatic heterocycles. The summed E-state index contributed by atoms with van der Waals surface area (Å²) >= 11 is 0. The van der Waals surface area contributed by atoms with E-state index in [1.165, 1.54) is 4.90 Å². The molecule has 1 heterocycles. The van der Waals surface area contributed by atoms with Crippen molar-refractivity contribution in [3.63, 3.8) is 0 Å². The van der Waals surface area contributed by atoms with Gasteiger partial charge in [-0.2, -0.15) is 0 Å². The summed E-state index contributed by atoms with van der Waals surface area (Å²) in [5.41, 5.74) is 2.01. The van der Waals surface area contributed by atoms with Crippen molar-refractivity contribution in [2.24, 2.45) is 0 Å². The molecule has 1 fully saturated rings. The zero-order valence-electron chi connectivity index (χ0n) is 13.4. The Morgan fingerprint density at radius 3 is 2.48 bits per heavy atom. The normalized spacial score (nSPS) is 19.3. The zero-order chi connectivity index (χ0) is 17.0. The quantitative estimate of drug-likeness (QED) is 0.837. The molecule has 0 aromatic heterocycles. The molecule has 23 heavy (non-hydrogen) atoms. The Kier molecular flexibility index (Phi) is 5.41. The summed E-state index contributed by atoms with van der Waals surface area (Å²) in [6, 6.07) is 7.34. The van der Waals surface area contributed by atoms with E-state index in [-0.39, 0.29) is 42.3 Å². The van der Waals surface area contributed by atoms with E-state index in [0.29, 0.717) is 6.42 Å². The van der Waals surface area contributed by atoms with Crippen LogP contribution in [0.15, 0.2) is 24.3 Å². The second-order valence-corrected chi connectivity index (χ2v) is 8.23. The fourth-order valence-electron chi connectivity index (χ4n) is 2.54. The second kappa shape index (κ2) is 7.12. The molecule has 7 heteroatoms. The van der Waals surface area contributed by atoms with Gasteiger partial charge < -0.3 is 10.2 Å². The second-order valence-electron chi connectivity index (χ2n) is 6.00. The molecule has 1 atom stereocenters. The molecule has 2 amide bonds. The maximum absolute atomic E-state index is 12.1. The highest BCUT2D eigenvalue weighted by atomic mass is 32.2. The van der Waals surface area contributed by atoms with E-state index in [1.807, 2.05) is 31.2 Å². The lowest BCUT2D eigenvalue weighted by molar-refractivity contribution is -0.133. The van der Waals surface area contributed by atoms with Gasteiger partial charge in [-0.15, -0.1) is 0 Å². The van der Waals surface area contributed by atoms with Gasteiger partial charge in [0.05, 0.1) is 24.5 Å². The van der Waals surface area contributed by atoms with Gasteiger partial charge in [0.2, 0.25) is 11.8 Å². The molecule has 6 nitrogen and oxygen atoms in total. The van der Waals surface area contributed by atoms with Crippen LogP contribution >= 0.6 is 0 Å². The van der Waals surface area contributed by atoms with Gasteiger partial charge in [-0.1, -0.05) is 29.8 Å². The van der Waals surface area contributed by atoms with Crippen LogP contribution < -0.4 is 5.32 Å². The molecular weight excluding hydrogens is 316 g/mol. The zero-order valence-corrected chi connectivity index (χ0v) is 14.2. The van der Waals surface area contributed by atoms with Crippen molar-refractivity contribution in [3.05, 3.63) is 35.4 Å². The first-order valence-corrected chi connectivity index (χ1v) is 9.37. The number of sulfone groups is 1. The first kappa shape index (κ1) is 17.5. The minimum Gasteiger partial charge on any atom is -0.347 e. The molecule has 0 aliphatic carbocycles. The summed E-state index contributed by atoms with van der Waals surface area (Å²) in [6.45, 7) is 1.86. The van der Waals surface area contributed by atoms with Gasteiger partial charge in [0.15, 0.2) is 9.84 Å². The highest BCUT2D eigenvalue weighted by Gasteiger charge is 2.32.